The zero-order valence-electron chi connectivity index (χ0n) is 7.60. The van der Waals surface area contributed by atoms with Crippen LogP contribution in [0, 0.1) is 0 Å². The maximum Gasteiger partial charge on any atom is 0.414 e. The van der Waals surface area contributed by atoms with Crippen molar-refractivity contribution in [1.29, 1.82) is 0 Å². The molecule has 2 aliphatic heterocycles. The molecule has 2 bridgehead atoms. The van der Waals surface area contributed by atoms with Gasteiger partial charge in [-0.15, -0.1) is 0 Å². The minimum Gasteiger partial charge on any atom is -0.473 e. The van der Waals surface area contributed by atoms with Gasteiger partial charge in [0.25, 0.3) is 0 Å². The number of hydrogen-bond acceptors (Lipinski definition) is 4. The summed E-state index contributed by atoms with van der Waals surface area (Å²) < 4.78 is 5.29. The second-order valence-electron chi connectivity index (χ2n) is 3.29. The fourth-order valence-electron chi connectivity index (χ4n) is 1.52. The first-order valence-electron chi connectivity index (χ1n) is 4.39. The summed E-state index contributed by atoms with van der Waals surface area (Å²) in [5, 5.41) is 18.2. The van der Waals surface area contributed by atoms with E-state index in [-0.39, 0.29) is 0 Å². The van der Waals surface area contributed by atoms with Crippen LogP contribution in [0.15, 0.2) is 0 Å². The average Bonchev–Trinajstić information content (AvgIpc) is 2.46. The maximum atomic E-state index is 9.10. The van der Waals surface area contributed by atoms with E-state index in [0.717, 1.165) is 13.2 Å². The van der Waals surface area contributed by atoms with E-state index in [4.69, 9.17) is 24.5 Å². The standard InChI is InChI=1S/C6H11NO.C2H2O4/c1-2-6-4-8-3-5(1)7-6;3-1(4)2(5)6/h5-7H,1-4H2;(H,3,4)(H,5,6)/t5-,6+;. The van der Waals surface area contributed by atoms with Crippen LogP contribution in [-0.2, 0) is 14.3 Å². The topological polar surface area (TPSA) is 95.9 Å². The van der Waals surface area contributed by atoms with Crippen LogP contribution in [0.2, 0.25) is 0 Å². The molecule has 80 valence electrons. The number of carboxylic acids is 2. The number of ether oxygens (including phenoxy) is 1. The molecule has 2 rings (SSSR count). The average molecular weight is 203 g/mol. The van der Waals surface area contributed by atoms with Crippen LogP contribution < -0.4 is 5.32 Å². The molecule has 0 amide bonds. The molecule has 2 aliphatic rings. The molecule has 2 saturated heterocycles. The number of aliphatic carboxylic acids is 2. The van der Waals surface area contributed by atoms with Gasteiger partial charge in [-0.25, -0.2) is 9.59 Å². The normalized spacial score (nSPS) is 28.9. The molecule has 2 heterocycles. The molecule has 0 saturated carbocycles. The minimum atomic E-state index is -1.82. The van der Waals surface area contributed by atoms with Crippen LogP contribution in [0.5, 0.6) is 0 Å². The Bertz CT molecular complexity index is 204. The largest absolute Gasteiger partial charge is 0.473 e. The van der Waals surface area contributed by atoms with Crippen molar-refractivity contribution in [3.8, 4) is 0 Å². The van der Waals surface area contributed by atoms with Gasteiger partial charge in [-0.05, 0) is 12.8 Å². The number of carboxylic acid groups (broad SMARTS) is 2. The Hall–Kier alpha value is -1.14. The third-order valence-electron chi connectivity index (χ3n) is 2.16. The molecular weight excluding hydrogens is 190 g/mol. The monoisotopic (exact) mass is 203 g/mol. The zero-order valence-corrected chi connectivity index (χ0v) is 7.60. The first kappa shape index (κ1) is 10.9. The highest BCUT2D eigenvalue weighted by Gasteiger charge is 2.27. The molecule has 2 fully saturated rings. The molecular formula is C8H13NO5. The number of fused-ring (bicyclic) bond motifs is 2. The lowest BCUT2D eigenvalue weighted by Gasteiger charge is -2.20. The Kier molecular flexibility index (Phi) is 3.84. The molecule has 0 aromatic rings. The summed E-state index contributed by atoms with van der Waals surface area (Å²) in [6.45, 7) is 1.88. The van der Waals surface area contributed by atoms with Gasteiger partial charge >= 0.3 is 11.9 Å². The van der Waals surface area contributed by atoms with Gasteiger partial charge in [0.2, 0.25) is 0 Å². The summed E-state index contributed by atoms with van der Waals surface area (Å²) in [6, 6.07) is 1.38. The Balaban J connectivity index is 0.000000149. The van der Waals surface area contributed by atoms with Gasteiger partial charge in [-0.2, -0.15) is 0 Å². The number of carbonyl (C=O) groups is 2. The lowest BCUT2D eigenvalue weighted by molar-refractivity contribution is -0.159. The smallest absolute Gasteiger partial charge is 0.414 e. The zero-order chi connectivity index (χ0) is 10.6. The summed E-state index contributed by atoms with van der Waals surface area (Å²) >= 11 is 0. The summed E-state index contributed by atoms with van der Waals surface area (Å²) in [6.07, 6.45) is 2.65. The Labute approximate surface area is 80.9 Å². The molecule has 6 nitrogen and oxygen atoms in total. The van der Waals surface area contributed by atoms with E-state index in [2.05, 4.69) is 5.32 Å². The van der Waals surface area contributed by atoms with Crippen molar-refractivity contribution >= 4 is 11.9 Å². The van der Waals surface area contributed by atoms with Gasteiger partial charge in [0.1, 0.15) is 0 Å². The molecule has 6 heteroatoms. The van der Waals surface area contributed by atoms with Crippen LogP contribution in [-0.4, -0.2) is 47.4 Å². The third-order valence-corrected chi connectivity index (χ3v) is 2.16. The first-order chi connectivity index (χ1) is 6.59. The quantitative estimate of drug-likeness (QED) is 0.450. The predicted octanol–water partition coefficient (Wildman–Crippen LogP) is -0.707. The number of morpholine rings is 1. The summed E-state index contributed by atoms with van der Waals surface area (Å²) in [5.41, 5.74) is 0. The fraction of sp³-hybridized carbons (Fsp3) is 0.750. The first-order valence-corrected chi connectivity index (χ1v) is 4.39. The molecule has 0 aromatic heterocycles. The number of nitrogens with one attached hydrogen (secondary N) is 1. The van der Waals surface area contributed by atoms with Crippen molar-refractivity contribution in [3.05, 3.63) is 0 Å². The van der Waals surface area contributed by atoms with Crippen molar-refractivity contribution in [1.82, 2.24) is 5.32 Å². The lowest BCUT2D eigenvalue weighted by atomic mass is 10.2. The van der Waals surface area contributed by atoms with E-state index >= 15 is 0 Å². The molecule has 14 heavy (non-hydrogen) atoms. The third kappa shape index (κ3) is 3.31. The Morgan fingerprint density at radius 2 is 1.50 bits per heavy atom. The van der Waals surface area contributed by atoms with Gasteiger partial charge in [0.05, 0.1) is 13.2 Å². The number of hydrogen-bond donors (Lipinski definition) is 3. The molecule has 0 radical (unpaired) electrons. The fourth-order valence-corrected chi connectivity index (χ4v) is 1.52. The molecule has 0 aromatic carbocycles. The van der Waals surface area contributed by atoms with E-state index in [1.165, 1.54) is 12.8 Å². The van der Waals surface area contributed by atoms with E-state index in [1.54, 1.807) is 0 Å². The predicted molar refractivity (Wildman–Crippen MR) is 46.0 cm³/mol. The van der Waals surface area contributed by atoms with Crippen LogP contribution in [0.3, 0.4) is 0 Å². The highest BCUT2D eigenvalue weighted by Crippen LogP contribution is 2.16. The second-order valence-corrected chi connectivity index (χ2v) is 3.29. The summed E-state index contributed by atoms with van der Waals surface area (Å²) in [5.74, 6) is -3.65. The van der Waals surface area contributed by atoms with E-state index < -0.39 is 11.9 Å². The lowest BCUT2D eigenvalue weighted by Crippen LogP contribution is -2.41. The van der Waals surface area contributed by atoms with Crippen molar-refractivity contribution in [2.45, 2.75) is 24.9 Å². The molecule has 0 spiro atoms. The van der Waals surface area contributed by atoms with Crippen molar-refractivity contribution in [3.63, 3.8) is 0 Å². The van der Waals surface area contributed by atoms with Crippen molar-refractivity contribution in [2.24, 2.45) is 0 Å². The molecule has 3 N–H and O–H groups in total. The Morgan fingerprint density at radius 3 is 1.79 bits per heavy atom. The van der Waals surface area contributed by atoms with Crippen LogP contribution in [0.25, 0.3) is 0 Å². The molecule has 0 aliphatic carbocycles. The van der Waals surface area contributed by atoms with Crippen molar-refractivity contribution < 1.29 is 24.5 Å². The van der Waals surface area contributed by atoms with E-state index in [0.29, 0.717) is 12.1 Å². The maximum absolute atomic E-state index is 9.10. The second kappa shape index (κ2) is 4.92. The van der Waals surface area contributed by atoms with Gasteiger partial charge in [-0.1, -0.05) is 0 Å². The highest BCUT2D eigenvalue weighted by molar-refractivity contribution is 6.27. The number of rotatable bonds is 0. The SMILES string of the molecule is C1C[C@H]2COC[C@@H]1N2.O=C(O)C(=O)O. The Morgan fingerprint density at radius 1 is 1.07 bits per heavy atom. The summed E-state index contributed by atoms with van der Waals surface area (Å²) in [4.78, 5) is 18.2. The van der Waals surface area contributed by atoms with E-state index in [1.807, 2.05) is 0 Å². The molecule has 0 unspecified atom stereocenters. The molecule has 2 atom stereocenters. The van der Waals surface area contributed by atoms with Crippen LogP contribution in [0.1, 0.15) is 12.8 Å². The van der Waals surface area contributed by atoms with Crippen molar-refractivity contribution in [2.75, 3.05) is 13.2 Å². The highest BCUT2D eigenvalue weighted by atomic mass is 16.5. The van der Waals surface area contributed by atoms with Gasteiger partial charge in [0.15, 0.2) is 0 Å². The van der Waals surface area contributed by atoms with Gasteiger partial charge < -0.3 is 20.3 Å². The van der Waals surface area contributed by atoms with Crippen LogP contribution in [0.4, 0.5) is 0 Å². The minimum absolute atomic E-state index is 0.689. The van der Waals surface area contributed by atoms with Crippen LogP contribution >= 0.6 is 0 Å². The van der Waals surface area contributed by atoms with Gasteiger partial charge in [0, 0.05) is 12.1 Å². The van der Waals surface area contributed by atoms with E-state index in [9.17, 15) is 0 Å². The summed E-state index contributed by atoms with van der Waals surface area (Å²) in [7, 11) is 0. The van der Waals surface area contributed by atoms with Gasteiger partial charge in [-0.3, -0.25) is 0 Å².